The molecular formula is C20H13Cl4N3O2S2. The van der Waals surface area contributed by atoms with Gasteiger partial charge in [-0.1, -0.05) is 52.5 Å². The maximum Gasteiger partial charge on any atom is 0.263 e. The Morgan fingerprint density at radius 1 is 0.935 bits per heavy atom. The van der Waals surface area contributed by atoms with Crippen LogP contribution in [0.1, 0.15) is 5.56 Å². The smallest absolute Gasteiger partial charge is 0.263 e. The van der Waals surface area contributed by atoms with Gasteiger partial charge in [-0.15, -0.1) is 0 Å². The number of halogens is 4. The lowest BCUT2D eigenvalue weighted by Gasteiger charge is -2.12. The number of aromatic nitrogens is 2. The second kappa shape index (κ2) is 8.73. The third-order valence-electron chi connectivity index (χ3n) is 4.25. The molecule has 0 aliphatic rings. The molecule has 0 bridgehead atoms. The number of anilines is 1. The molecule has 4 rings (SSSR count). The first-order valence-electron chi connectivity index (χ1n) is 8.73. The van der Waals surface area contributed by atoms with E-state index in [9.17, 15) is 8.42 Å². The van der Waals surface area contributed by atoms with Gasteiger partial charge < -0.3 is 4.98 Å². The van der Waals surface area contributed by atoms with Crippen molar-refractivity contribution >= 4 is 84.9 Å². The molecular weight excluding hydrogens is 520 g/mol. The van der Waals surface area contributed by atoms with Crippen molar-refractivity contribution < 1.29 is 8.42 Å². The molecule has 3 aromatic carbocycles. The summed E-state index contributed by atoms with van der Waals surface area (Å²) in [7, 11) is -3.97. The second-order valence-corrected chi connectivity index (χ2v) is 10.9. The van der Waals surface area contributed by atoms with Crippen LogP contribution in [-0.2, 0) is 10.0 Å². The SMILES string of the molecule is Cc1ccc2nc(Sc3c(Cl)cc(NS(=O)(=O)c4ccc(Cl)cc4Cl)cc3Cl)[nH]c2c1. The Bertz CT molecular complexity index is 1400. The Morgan fingerprint density at radius 2 is 1.65 bits per heavy atom. The molecule has 0 saturated carbocycles. The maximum atomic E-state index is 12.7. The molecule has 0 radical (unpaired) electrons. The topological polar surface area (TPSA) is 74.8 Å². The summed E-state index contributed by atoms with van der Waals surface area (Å²) < 4.78 is 27.9. The normalized spacial score (nSPS) is 11.8. The predicted molar refractivity (Wildman–Crippen MR) is 129 cm³/mol. The van der Waals surface area contributed by atoms with Crippen LogP contribution in [0, 0.1) is 6.92 Å². The minimum Gasteiger partial charge on any atom is -0.333 e. The van der Waals surface area contributed by atoms with E-state index >= 15 is 0 Å². The number of imidazole rings is 1. The fourth-order valence-corrected chi connectivity index (χ4v) is 6.21. The highest BCUT2D eigenvalue weighted by atomic mass is 35.5. The van der Waals surface area contributed by atoms with Gasteiger partial charge in [-0.2, -0.15) is 0 Å². The summed E-state index contributed by atoms with van der Waals surface area (Å²) in [6, 6.07) is 13.0. The van der Waals surface area contributed by atoms with Crippen LogP contribution in [0.3, 0.4) is 0 Å². The predicted octanol–water partition coefficient (Wildman–Crippen LogP) is 7.44. The van der Waals surface area contributed by atoms with Gasteiger partial charge in [-0.3, -0.25) is 4.72 Å². The number of nitrogens with zero attached hydrogens (tertiary/aromatic N) is 1. The zero-order valence-electron chi connectivity index (χ0n) is 15.7. The maximum absolute atomic E-state index is 12.7. The van der Waals surface area contributed by atoms with E-state index in [1.54, 1.807) is 0 Å². The molecule has 2 N–H and O–H groups in total. The highest BCUT2D eigenvalue weighted by Crippen LogP contribution is 2.40. The van der Waals surface area contributed by atoms with Gasteiger partial charge in [0.1, 0.15) is 4.90 Å². The number of sulfonamides is 1. The van der Waals surface area contributed by atoms with Gasteiger partial charge in [0, 0.05) is 5.02 Å². The molecule has 0 aliphatic heterocycles. The minimum atomic E-state index is -3.97. The summed E-state index contributed by atoms with van der Waals surface area (Å²) in [5, 5.41) is 1.50. The molecule has 31 heavy (non-hydrogen) atoms. The van der Waals surface area contributed by atoms with E-state index in [2.05, 4.69) is 14.7 Å². The van der Waals surface area contributed by atoms with Crippen LogP contribution in [-0.4, -0.2) is 18.4 Å². The van der Waals surface area contributed by atoms with E-state index in [1.807, 2.05) is 25.1 Å². The van der Waals surface area contributed by atoms with Crippen molar-refractivity contribution in [2.24, 2.45) is 0 Å². The molecule has 0 spiro atoms. The lowest BCUT2D eigenvalue weighted by atomic mass is 10.2. The zero-order valence-corrected chi connectivity index (χ0v) is 20.4. The first-order chi connectivity index (χ1) is 14.6. The minimum absolute atomic E-state index is 0.00416. The van der Waals surface area contributed by atoms with Crippen molar-refractivity contribution in [3.8, 4) is 0 Å². The highest BCUT2D eigenvalue weighted by Gasteiger charge is 2.20. The monoisotopic (exact) mass is 531 g/mol. The van der Waals surface area contributed by atoms with Crippen molar-refractivity contribution in [1.82, 2.24) is 9.97 Å². The fraction of sp³-hybridized carbons (Fsp3) is 0.0500. The number of hydrogen-bond donors (Lipinski definition) is 2. The zero-order chi connectivity index (χ0) is 22.3. The van der Waals surface area contributed by atoms with E-state index < -0.39 is 10.0 Å². The van der Waals surface area contributed by atoms with Crippen LogP contribution in [0.5, 0.6) is 0 Å². The largest absolute Gasteiger partial charge is 0.333 e. The van der Waals surface area contributed by atoms with Crippen LogP contribution >= 0.6 is 58.2 Å². The quantitative estimate of drug-likeness (QED) is 0.280. The number of rotatable bonds is 5. The first kappa shape index (κ1) is 22.6. The molecule has 5 nitrogen and oxygen atoms in total. The molecule has 1 aromatic heterocycles. The number of benzene rings is 3. The molecule has 1 heterocycles. The summed E-state index contributed by atoms with van der Waals surface area (Å²) >= 11 is 25.9. The summed E-state index contributed by atoms with van der Waals surface area (Å²) in [5.41, 5.74) is 3.04. The van der Waals surface area contributed by atoms with E-state index in [1.165, 1.54) is 42.1 Å². The molecule has 0 fully saturated rings. The van der Waals surface area contributed by atoms with Crippen LogP contribution in [0.4, 0.5) is 5.69 Å². The highest BCUT2D eigenvalue weighted by molar-refractivity contribution is 7.99. The average Bonchev–Trinajstić information content (AvgIpc) is 3.05. The molecule has 4 aromatic rings. The van der Waals surface area contributed by atoms with Gasteiger partial charge in [-0.25, -0.2) is 13.4 Å². The number of aryl methyl sites for hydroxylation is 1. The van der Waals surface area contributed by atoms with Gasteiger partial charge in [-0.05, 0) is 66.7 Å². The van der Waals surface area contributed by atoms with Gasteiger partial charge >= 0.3 is 0 Å². The van der Waals surface area contributed by atoms with E-state index in [4.69, 9.17) is 46.4 Å². The summed E-state index contributed by atoms with van der Waals surface area (Å²) in [6.07, 6.45) is 0. The van der Waals surface area contributed by atoms with Crippen LogP contribution in [0.15, 0.2) is 63.5 Å². The van der Waals surface area contributed by atoms with Crippen molar-refractivity contribution in [1.29, 1.82) is 0 Å². The molecule has 0 aliphatic carbocycles. The van der Waals surface area contributed by atoms with Crippen LogP contribution < -0.4 is 4.72 Å². The Hall–Kier alpha value is -1.61. The second-order valence-electron chi connectivity index (χ2n) is 6.61. The molecule has 0 unspecified atom stereocenters. The summed E-state index contributed by atoms with van der Waals surface area (Å²) in [4.78, 5) is 8.18. The number of hydrogen-bond acceptors (Lipinski definition) is 4. The molecule has 0 atom stereocenters. The van der Waals surface area contributed by atoms with Gasteiger partial charge in [0.15, 0.2) is 5.16 Å². The number of fused-ring (bicyclic) bond motifs is 1. The van der Waals surface area contributed by atoms with Gasteiger partial charge in [0.25, 0.3) is 10.0 Å². The Morgan fingerprint density at radius 3 is 2.32 bits per heavy atom. The van der Waals surface area contributed by atoms with Crippen molar-refractivity contribution in [2.75, 3.05) is 4.72 Å². The third kappa shape index (κ3) is 4.92. The average molecular weight is 533 g/mol. The van der Waals surface area contributed by atoms with Crippen molar-refractivity contribution in [3.63, 3.8) is 0 Å². The fourth-order valence-electron chi connectivity index (χ4n) is 2.86. The molecule has 160 valence electrons. The first-order valence-corrected chi connectivity index (χ1v) is 12.5. The number of aromatic amines is 1. The lowest BCUT2D eigenvalue weighted by Crippen LogP contribution is -2.13. The Balaban J connectivity index is 1.62. The van der Waals surface area contributed by atoms with Gasteiger partial charge in [0.05, 0.1) is 36.7 Å². The molecule has 0 amide bonds. The van der Waals surface area contributed by atoms with E-state index in [-0.39, 0.29) is 25.7 Å². The Kier molecular flexibility index (Phi) is 6.36. The molecule has 0 saturated heterocycles. The van der Waals surface area contributed by atoms with E-state index in [0.29, 0.717) is 15.1 Å². The third-order valence-corrected chi connectivity index (χ3v) is 8.20. The lowest BCUT2D eigenvalue weighted by molar-refractivity contribution is 0.601. The summed E-state index contributed by atoms with van der Waals surface area (Å²) in [5.74, 6) is 0. The van der Waals surface area contributed by atoms with E-state index in [0.717, 1.165) is 16.6 Å². The number of H-pyrrole nitrogens is 1. The standard InChI is InChI=1S/C20H13Cl4N3O2S2/c1-10-2-4-16-17(6-10)26-20(25-16)30-19-14(23)8-12(9-15(19)24)27-31(28,29)18-5-3-11(21)7-13(18)22/h2-9,27H,1H3,(H,25,26). The molecule has 11 heteroatoms. The van der Waals surface area contributed by atoms with Crippen molar-refractivity contribution in [3.05, 3.63) is 74.2 Å². The summed E-state index contributed by atoms with van der Waals surface area (Å²) in [6.45, 7) is 2.00. The van der Waals surface area contributed by atoms with Gasteiger partial charge in [0.2, 0.25) is 0 Å². The Labute approximate surface area is 203 Å². The van der Waals surface area contributed by atoms with Crippen LogP contribution in [0.2, 0.25) is 20.1 Å². The number of nitrogens with one attached hydrogen (secondary N) is 2. The van der Waals surface area contributed by atoms with Crippen LogP contribution in [0.25, 0.3) is 11.0 Å². The van der Waals surface area contributed by atoms with Crippen molar-refractivity contribution in [2.45, 2.75) is 21.9 Å².